The number of hydrogen-bond acceptors (Lipinski definition) is 3. The zero-order valence-electron chi connectivity index (χ0n) is 10.4. The average Bonchev–Trinajstić information content (AvgIpc) is 2.37. The lowest BCUT2D eigenvalue weighted by molar-refractivity contribution is 0.0696. The van der Waals surface area contributed by atoms with Gasteiger partial charge in [0.2, 0.25) is 0 Å². The molecule has 8 heteroatoms. The van der Waals surface area contributed by atoms with E-state index in [9.17, 15) is 17.6 Å². The van der Waals surface area contributed by atoms with Crippen LogP contribution in [0.1, 0.15) is 10.4 Å². The van der Waals surface area contributed by atoms with Gasteiger partial charge in [0.1, 0.15) is 10.7 Å². The predicted molar refractivity (Wildman–Crippen MR) is 78.3 cm³/mol. The Hall–Kier alpha value is -1.93. The van der Waals surface area contributed by atoms with Crippen LogP contribution in [0, 0.1) is 5.82 Å². The SMILES string of the molecule is O=C(O)c1ccc(S(=O)(=O)Nc2cccc(F)c2)c(Br)c1. The molecule has 0 atom stereocenters. The first-order valence-electron chi connectivity index (χ1n) is 5.61. The van der Waals surface area contributed by atoms with E-state index in [2.05, 4.69) is 20.7 Å². The second-order valence-corrected chi connectivity index (χ2v) is 6.57. The Labute approximate surface area is 128 Å². The summed E-state index contributed by atoms with van der Waals surface area (Å²) in [6, 6.07) is 8.52. The highest BCUT2D eigenvalue weighted by Gasteiger charge is 2.19. The maximum Gasteiger partial charge on any atom is 0.335 e. The van der Waals surface area contributed by atoms with Crippen molar-refractivity contribution in [2.45, 2.75) is 4.90 Å². The smallest absolute Gasteiger partial charge is 0.335 e. The Morgan fingerprint density at radius 2 is 1.90 bits per heavy atom. The summed E-state index contributed by atoms with van der Waals surface area (Å²) in [4.78, 5) is 10.7. The highest BCUT2D eigenvalue weighted by Crippen LogP contribution is 2.25. The molecule has 0 saturated heterocycles. The predicted octanol–water partition coefficient (Wildman–Crippen LogP) is 3.09. The normalized spacial score (nSPS) is 11.1. The van der Waals surface area contributed by atoms with Gasteiger partial charge < -0.3 is 5.11 Å². The molecule has 0 aliphatic rings. The molecule has 2 aromatic carbocycles. The zero-order valence-corrected chi connectivity index (χ0v) is 12.8. The Bertz CT molecular complexity index is 808. The minimum atomic E-state index is -3.96. The second-order valence-electron chi connectivity index (χ2n) is 4.07. The van der Waals surface area contributed by atoms with Gasteiger partial charge in [-0.05, 0) is 52.3 Å². The third-order valence-electron chi connectivity index (χ3n) is 2.55. The fraction of sp³-hybridized carbons (Fsp3) is 0. The third kappa shape index (κ3) is 3.59. The second kappa shape index (κ2) is 5.82. The van der Waals surface area contributed by atoms with Crippen molar-refractivity contribution in [1.29, 1.82) is 0 Å². The van der Waals surface area contributed by atoms with Gasteiger partial charge in [0, 0.05) is 4.47 Å². The van der Waals surface area contributed by atoms with Gasteiger partial charge in [-0.15, -0.1) is 0 Å². The van der Waals surface area contributed by atoms with Crippen molar-refractivity contribution in [1.82, 2.24) is 0 Å². The molecule has 2 aromatic rings. The molecular formula is C13H9BrFNO4S. The van der Waals surface area contributed by atoms with E-state index >= 15 is 0 Å². The molecule has 2 rings (SSSR count). The van der Waals surface area contributed by atoms with Crippen molar-refractivity contribution in [2.24, 2.45) is 0 Å². The van der Waals surface area contributed by atoms with Crippen molar-refractivity contribution in [3.63, 3.8) is 0 Å². The molecule has 5 nitrogen and oxygen atoms in total. The van der Waals surface area contributed by atoms with E-state index in [1.54, 1.807) is 0 Å². The summed E-state index contributed by atoms with van der Waals surface area (Å²) in [5.74, 6) is -1.74. The first kappa shape index (κ1) is 15.5. The number of anilines is 1. The van der Waals surface area contributed by atoms with Crippen molar-refractivity contribution < 1.29 is 22.7 Å². The number of carboxylic acids is 1. The maximum atomic E-state index is 13.1. The quantitative estimate of drug-likeness (QED) is 0.862. The maximum absolute atomic E-state index is 13.1. The van der Waals surface area contributed by atoms with Gasteiger partial charge in [-0.25, -0.2) is 17.6 Å². The van der Waals surface area contributed by atoms with Gasteiger partial charge in [0.25, 0.3) is 10.0 Å². The molecule has 0 aliphatic heterocycles. The minimum Gasteiger partial charge on any atom is -0.478 e. The van der Waals surface area contributed by atoms with E-state index < -0.39 is 21.8 Å². The Kier molecular flexibility index (Phi) is 4.29. The monoisotopic (exact) mass is 373 g/mol. The zero-order chi connectivity index (χ0) is 15.6. The van der Waals surface area contributed by atoms with Gasteiger partial charge in [-0.3, -0.25) is 4.72 Å². The lowest BCUT2D eigenvalue weighted by Crippen LogP contribution is -2.14. The first-order valence-corrected chi connectivity index (χ1v) is 7.88. The number of aromatic carboxylic acids is 1. The highest BCUT2D eigenvalue weighted by atomic mass is 79.9. The van der Waals surface area contributed by atoms with E-state index in [0.717, 1.165) is 12.1 Å². The topological polar surface area (TPSA) is 83.5 Å². The highest BCUT2D eigenvalue weighted by molar-refractivity contribution is 9.10. The molecule has 21 heavy (non-hydrogen) atoms. The Balaban J connectivity index is 2.38. The van der Waals surface area contributed by atoms with Gasteiger partial charge >= 0.3 is 5.97 Å². The van der Waals surface area contributed by atoms with Crippen LogP contribution in [0.25, 0.3) is 0 Å². The summed E-state index contributed by atoms with van der Waals surface area (Å²) >= 11 is 3.02. The fourth-order valence-corrected chi connectivity index (χ4v) is 3.74. The standard InChI is InChI=1S/C13H9BrFNO4S/c14-11-6-8(13(17)18)4-5-12(11)21(19,20)16-10-3-1-2-9(15)7-10/h1-7,16H,(H,17,18). The van der Waals surface area contributed by atoms with E-state index in [4.69, 9.17) is 5.11 Å². The first-order chi connectivity index (χ1) is 9.79. The molecule has 0 unspecified atom stereocenters. The lowest BCUT2D eigenvalue weighted by atomic mass is 10.2. The number of benzene rings is 2. The number of rotatable bonds is 4. The average molecular weight is 374 g/mol. The van der Waals surface area contributed by atoms with Gasteiger partial charge in [0.05, 0.1) is 11.3 Å². The van der Waals surface area contributed by atoms with E-state index in [-0.39, 0.29) is 20.6 Å². The van der Waals surface area contributed by atoms with E-state index in [1.807, 2.05) is 0 Å². The fourth-order valence-electron chi connectivity index (χ4n) is 1.61. The molecule has 0 spiro atoms. The van der Waals surface area contributed by atoms with Crippen LogP contribution in [0.2, 0.25) is 0 Å². The molecular weight excluding hydrogens is 365 g/mol. The summed E-state index contributed by atoms with van der Waals surface area (Å²) in [6.45, 7) is 0. The van der Waals surface area contributed by atoms with Crippen LogP contribution in [-0.4, -0.2) is 19.5 Å². The minimum absolute atomic E-state index is 0.0495. The van der Waals surface area contributed by atoms with Crippen LogP contribution in [-0.2, 0) is 10.0 Å². The molecule has 110 valence electrons. The lowest BCUT2D eigenvalue weighted by Gasteiger charge is -2.10. The summed E-state index contributed by atoms with van der Waals surface area (Å²) in [7, 11) is -3.96. The van der Waals surface area contributed by atoms with Crippen LogP contribution in [0.4, 0.5) is 10.1 Å². The van der Waals surface area contributed by atoms with Crippen LogP contribution in [0.3, 0.4) is 0 Å². The Morgan fingerprint density at radius 3 is 2.48 bits per heavy atom. The van der Waals surface area contributed by atoms with Gasteiger partial charge in [-0.1, -0.05) is 6.07 Å². The molecule has 0 amide bonds. The largest absolute Gasteiger partial charge is 0.478 e. The van der Waals surface area contributed by atoms with Gasteiger partial charge in [-0.2, -0.15) is 0 Å². The number of nitrogens with one attached hydrogen (secondary N) is 1. The Morgan fingerprint density at radius 1 is 1.19 bits per heavy atom. The van der Waals surface area contributed by atoms with Crippen molar-refractivity contribution >= 4 is 37.6 Å². The summed E-state index contributed by atoms with van der Waals surface area (Å²) in [6.07, 6.45) is 0. The molecule has 0 aromatic heterocycles. The van der Waals surface area contributed by atoms with Crippen LogP contribution < -0.4 is 4.72 Å². The van der Waals surface area contributed by atoms with Crippen LogP contribution >= 0.6 is 15.9 Å². The molecule has 2 N–H and O–H groups in total. The number of halogens is 2. The molecule has 0 heterocycles. The molecule has 0 fully saturated rings. The third-order valence-corrected chi connectivity index (χ3v) is 4.90. The molecule has 0 bridgehead atoms. The van der Waals surface area contributed by atoms with Crippen LogP contribution in [0.5, 0.6) is 0 Å². The van der Waals surface area contributed by atoms with Crippen molar-refractivity contribution in [3.05, 3.63) is 58.3 Å². The van der Waals surface area contributed by atoms with Gasteiger partial charge in [0.15, 0.2) is 0 Å². The van der Waals surface area contributed by atoms with Crippen LogP contribution in [0.15, 0.2) is 51.8 Å². The summed E-state index contributed by atoms with van der Waals surface area (Å²) < 4.78 is 39.8. The summed E-state index contributed by atoms with van der Waals surface area (Å²) in [5.41, 5.74) is 0.0239. The van der Waals surface area contributed by atoms with Crippen molar-refractivity contribution in [3.8, 4) is 0 Å². The number of sulfonamides is 1. The summed E-state index contributed by atoms with van der Waals surface area (Å²) in [5, 5.41) is 8.84. The molecule has 0 saturated carbocycles. The van der Waals surface area contributed by atoms with Crippen molar-refractivity contribution in [2.75, 3.05) is 4.72 Å². The van der Waals surface area contributed by atoms with E-state index in [0.29, 0.717) is 0 Å². The molecule has 0 aliphatic carbocycles. The number of hydrogen-bond donors (Lipinski definition) is 2. The van der Waals surface area contributed by atoms with E-state index in [1.165, 1.54) is 30.3 Å². The number of carbonyl (C=O) groups is 1. The molecule has 0 radical (unpaired) electrons. The number of carboxylic acid groups (broad SMARTS) is 1.